The van der Waals surface area contributed by atoms with Gasteiger partial charge < -0.3 is 10.6 Å². The Morgan fingerprint density at radius 1 is 0.939 bits per heavy atom. The molecule has 0 aromatic heterocycles. The van der Waals surface area contributed by atoms with Crippen molar-refractivity contribution in [3.63, 3.8) is 0 Å². The molecule has 1 heterocycles. The molecule has 33 heavy (non-hydrogen) atoms. The number of carbonyl (C=O) groups is 2. The lowest BCUT2D eigenvalue weighted by Crippen LogP contribution is -2.55. The lowest BCUT2D eigenvalue weighted by molar-refractivity contribution is -0.137. The van der Waals surface area contributed by atoms with Crippen LogP contribution >= 0.6 is 0 Å². The molecule has 1 fully saturated rings. The smallest absolute Gasteiger partial charge is 0.348 e. The number of hydrogen-bond donors (Lipinski definition) is 2. The topological polar surface area (TPSA) is 64.7 Å². The zero-order valence-corrected chi connectivity index (χ0v) is 18.7. The number of benzene rings is 2. The van der Waals surface area contributed by atoms with E-state index in [1.807, 2.05) is 54.0 Å². The summed E-state index contributed by atoms with van der Waals surface area (Å²) in [4.78, 5) is 28.9. The maximum Gasteiger partial charge on any atom is 0.418 e. The second kappa shape index (κ2) is 10.8. The van der Waals surface area contributed by atoms with Crippen LogP contribution in [-0.4, -0.2) is 60.4 Å². The Kier molecular flexibility index (Phi) is 8.10. The maximum atomic E-state index is 13.1. The fraction of sp³-hybridized carbons (Fsp3) is 0.417. The van der Waals surface area contributed by atoms with Gasteiger partial charge in [0.15, 0.2) is 0 Å². The molecule has 0 spiro atoms. The molecule has 1 saturated heterocycles. The Bertz CT molecular complexity index is 944. The summed E-state index contributed by atoms with van der Waals surface area (Å²) in [5.41, 5.74) is -0.0832. The Morgan fingerprint density at radius 3 is 2.18 bits per heavy atom. The van der Waals surface area contributed by atoms with Crippen LogP contribution < -0.4 is 10.6 Å². The van der Waals surface area contributed by atoms with Crippen LogP contribution in [0.4, 0.5) is 18.9 Å². The van der Waals surface area contributed by atoms with Crippen LogP contribution in [0.2, 0.25) is 0 Å². The first-order valence-corrected chi connectivity index (χ1v) is 10.9. The lowest BCUT2D eigenvalue weighted by Gasteiger charge is -2.37. The van der Waals surface area contributed by atoms with Crippen LogP contribution in [0.15, 0.2) is 54.6 Å². The molecule has 178 valence electrons. The summed E-state index contributed by atoms with van der Waals surface area (Å²) in [6.45, 7) is 6.03. The minimum absolute atomic E-state index is 0.00828. The highest BCUT2D eigenvalue weighted by molar-refractivity contribution is 5.93. The molecule has 0 bridgehead atoms. The lowest BCUT2D eigenvalue weighted by atomic mass is 10.1. The fourth-order valence-electron chi connectivity index (χ4n) is 3.87. The summed E-state index contributed by atoms with van der Waals surface area (Å²) in [6, 6.07) is 14.2. The third-order valence-corrected chi connectivity index (χ3v) is 5.87. The van der Waals surface area contributed by atoms with Crippen molar-refractivity contribution < 1.29 is 22.8 Å². The Hall–Kier alpha value is -2.91. The summed E-state index contributed by atoms with van der Waals surface area (Å²) in [6.07, 6.45) is -4.54. The van der Waals surface area contributed by atoms with Crippen LogP contribution in [0.3, 0.4) is 0 Å². The number of hydrogen-bond acceptors (Lipinski definition) is 4. The minimum atomic E-state index is -4.54. The summed E-state index contributed by atoms with van der Waals surface area (Å²) in [7, 11) is 0. The average molecular weight is 463 g/mol. The highest BCUT2D eigenvalue weighted by Crippen LogP contribution is 2.34. The molecule has 2 aromatic carbocycles. The second-order valence-corrected chi connectivity index (χ2v) is 8.22. The van der Waals surface area contributed by atoms with Gasteiger partial charge in [-0.2, -0.15) is 13.2 Å². The molecular weight excluding hydrogens is 433 g/mol. The monoisotopic (exact) mass is 462 g/mol. The van der Waals surface area contributed by atoms with Gasteiger partial charge in [-0.3, -0.25) is 19.4 Å². The van der Waals surface area contributed by atoms with Crippen molar-refractivity contribution >= 4 is 17.5 Å². The van der Waals surface area contributed by atoms with Gasteiger partial charge in [0.25, 0.3) is 0 Å². The van der Waals surface area contributed by atoms with Gasteiger partial charge in [-0.1, -0.05) is 42.5 Å². The van der Waals surface area contributed by atoms with Crippen LogP contribution in [0.1, 0.15) is 31.0 Å². The van der Waals surface area contributed by atoms with E-state index in [-0.39, 0.29) is 30.2 Å². The molecule has 0 unspecified atom stereocenters. The number of para-hydroxylation sites is 1. The van der Waals surface area contributed by atoms with E-state index >= 15 is 0 Å². The summed E-state index contributed by atoms with van der Waals surface area (Å²) < 4.78 is 39.4. The van der Waals surface area contributed by atoms with Gasteiger partial charge in [0, 0.05) is 26.2 Å². The molecule has 9 heteroatoms. The highest BCUT2D eigenvalue weighted by Gasteiger charge is 2.34. The van der Waals surface area contributed by atoms with E-state index in [1.165, 1.54) is 18.2 Å². The van der Waals surface area contributed by atoms with Crippen molar-refractivity contribution in [1.29, 1.82) is 0 Å². The van der Waals surface area contributed by atoms with Gasteiger partial charge in [0.05, 0.1) is 29.9 Å². The first-order chi connectivity index (χ1) is 15.6. The van der Waals surface area contributed by atoms with Crippen LogP contribution in [0, 0.1) is 0 Å². The summed E-state index contributed by atoms with van der Waals surface area (Å²) in [5.74, 6) is -0.566. The summed E-state index contributed by atoms with van der Waals surface area (Å²) in [5, 5.41) is 5.41. The van der Waals surface area contributed by atoms with Gasteiger partial charge >= 0.3 is 6.18 Å². The second-order valence-electron chi connectivity index (χ2n) is 8.22. The predicted molar refractivity (Wildman–Crippen MR) is 121 cm³/mol. The molecule has 0 aliphatic carbocycles. The highest BCUT2D eigenvalue weighted by atomic mass is 19.4. The van der Waals surface area contributed by atoms with E-state index in [1.54, 1.807) is 0 Å². The number of amides is 2. The third kappa shape index (κ3) is 6.79. The van der Waals surface area contributed by atoms with Crippen molar-refractivity contribution in [2.45, 2.75) is 32.1 Å². The zero-order chi connectivity index (χ0) is 24.0. The molecular formula is C24H29F3N4O2. The third-order valence-electron chi connectivity index (χ3n) is 5.87. The van der Waals surface area contributed by atoms with E-state index in [0.29, 0.717) is 26.2 Å². The molecule has 2 atom stereocenters. The zero-order valence-electron chi connectivity index (χ0n) is 18.7. The Labute approximate surface area is 191 Å². The van der Waals surface area contributed by atoms with Gasteiger partial charge in [-0.15, -0.1) is 0 Å². The predicted octanol–water partition coefficient (Wildman–Crippen LogP) is 3.53. The first-order valence-electron chi connectivity index (χ1n) is 10.9. The number of rotatable bonds is 7. The molecule has 0 radical (unpaired) electrons. The maximum absolute atomic E-state index is 13.1. The number of piperazine rings is 1. The van der Waals surface area contributed by atoms with Crippen LogP contribution in [0.5, 0.6) is 0 Å². The molecule has 0 saturated carbocycles. The summed E-state index contributed by atoms with van der Waals surface area (Å²) >= 11 is 0. The van der Waals surface area contributed by atoms with Crippen molar-refractivity contribution in [2.24, 2.45) is 0 Å². The van der Waals surface area contributed by atoms with E-state index in [9.17, 15) is 22.8 Å². The molecule has 2 aromatic rings. The molecule has 2 N–H and O–H groups in total. The van der Waals surface area contributed by atoms with E-state index in [0.717, 1.165) is 11.6 Å². The average Bonchev–Trinajstić information content (AvgIpc) is 2.79. The van der Waals surface area contributed by atoms with Crippen molar-refractivity contribution in [1.82, 2.24) is 15.1 Å². The van der Waals surface area contributed by atoms with Crippen molar-refractivity contribution in [3.8, 4) is 0 Å². The first kappa shape index (κ1) is 24.7. The molecule has 1 aliphatic heterocycles. The number of carbonyl (C=O) groups excluding carboxylic acids is 2. The molecule has 6 nitrogen and oxygen atoms in total. The standard InChI is InChI=1S/C24H29F3N4O2/c1-17(19-8-4-3-5-9-19)28-23(33)18(2)31-14-12-30(13-15-31)16-22(32)29-21-11-7-6-10-20(21)24(25,26)27/h3-11,17-18H,12-16H2,1-2H3,(H,28,33)(H,29,32)/t17-,18-/m1/s1. The largest absolute Gasteiger partial charge is 0.418 e. The number of halogens is 3. The van der Waals surface area contributed by atoms with Crippen LogP contribution in [0.25, 0.3) is 0 Å². The number of anilines is 1. The van der Waals surface area contributed by atoms with E-state index in [4.69, 9.17) is 0 Å². The van der Waals surface area contributed by atoms with Crippen LogP contribution in [-0.2, 0) is 15.8 Å². The Morgan fingerprint density at radius 2 is 1.55 bits per heavy atom. The van der Waals surface area contributed by atoms with Gasteiger partial charge in [0.1, 0.15) is 0 Å². The number of nitrogens with one attached hydrogen (secondary N) is 2. The normalized spacial score (nSPS) is 17.2. The molecule has 2 amide bonds. The SMILES string of the molecule is C[C@H](C(=O)N[C@H](C)c1ccccc1)N1CCN(CC(=O)Nc2ccccc2C(F)(F)F)CC1. The van der Waals surface area contributed by atoms with Crippen molar-refractivity contribution in [2.75, 3.05) is 38.0 Å². The molecule has 1 aliphatic rings. The van der Waals surface area contributed by atoms with E-state index in [2.05, 4.69) is 10.6 Å². The fourth-order valence-corrected chi connectivity index (χ4v) is 3.87. The number of nitrogens with zero attached hydrogens (tertiary/aromatic N) is 2. The number of alkyl halides is 3. The van der Waals surface area contributed by atoms with E-state index < -0.39 is 17.6 Å². The van der Waals surface area contributed by atoms with Gasteiger partial charge in [0.2, 0.25) is 11.8 Å². The quantitative estimate of drug-likeness (QED) is 0.661. The minimum Gasteiger partial charge on any atom is -0.348 e. The molecule has 3 rings (SSSR count). The Balaban J connectivity index is 1.47. The van der Waals surface area contributed by atoms with Gasteiger partial charge in [-0.05, 0) is 31.5 Å². The van der Waals surface area contributed by atoms with Gasteiger partial charge in [-0.25, -0.2) is 0 Å². The van der Waals surface area contributed by atoms with Crippen molar-refractivity contribution in [3.05, 3.63) is 65.7 Å².